The van der Waals surface area contributed by atoms with Crippen LogP contribution in [-0.2, 0) is 4.79 Å². The van der Waals surface area contributed by atoms with Crippen LogP contribution < -0.4 is 5.32 Å². The molecule has 0 fully saturated rings. The zero-order valence-electron chi connectivity index (χ0n) is 6.30. The van der Waals surface area contributed by atoms with E-state index >= 15 is 0 Å². The maximum atomic E-state index is 11.1. The second-order valence-corrected chi connectivity index (χ2v) is 4.47. The van der Waals surface area contributed by atoms with Crippen molar-refractivity contribution >= 4 is 46.4 Å². The molecule has 13 heavy (non-hydrogen) atoms. The van der Waals surface area contributed by atoms with E-state index in [4.69, 9.17) is 34.8 Å². The van der Waals surface area contributed by atoms with Gasteiger partial charge in [-0.15, -0.1) is 0 Å². The Labute approximate surface area is 90.0 Å². The monoisotopic (exact) mass is 238 g/mol. The van der Waals surface area contributed by atoms with E-state index in [9.17, 15) is 4.79 Å². The number of rotatable bonds is 1. The summed E-state index contributed by atoms with van der Waals surface area (Å²) in [5, 5.41) is 2.41. The first-order valence-electron chi connectivity index (χ1n) is 3.28. The molecular formula is C7H5Cl3N2O. The summed E-state index contributed by atoms with van der Waals surface area (Å²) in [5.41, 5.74) is 0.534. The first-order valence-corrected chi connectivity index (χ1v) is 4.42. The van der Waals surface area contributed by atoms with Gasteiger partial charge in [0.1, 0.15) is 0 Å². The minimum atomic E-state index is -1.94. The topological polar surface area (TPSA) is 42.0 Å². The van der Waals surface area contributed by atoms with Gasteiger partial charge in [-0.25, -0.2) is 0 Å². The minimum absolute atomic E-state index is 0.534. The molecule has 1 rings (SSSR count). The highest BCUT2D eigenvalue weighted by atomic mass is 35.6. The number of hydrogen-bond donors (Lipinski definition) is 1. The van der Waals surface area contributed by atoms with Crippen LogP contribution in [0.2, 0.25) is 0 Å². The van der Waals surface area contributed by atoms with Gasteiger partial charge in [-0.3, -0.25) is 9.78 Å². The molecule has 0 atom stereocenters. The Kier molecular flexibility index (Phi) is 3.36. The molecule has 0 aliphatic heterocycles. The van der Waals surface area contributed by atoms with E-state index in [2.05, 4.69) is 10.3 Å². The Morgan fingerprint density at radius 2 is 1.85 bits per heavy atom. The van der Waals surface area contributed by atoms with E-state index in [1.54, 1.807) is 12.1 Å². The summed E-state index contributed by atoms with van der Waals surface area (Å²) in [4.78, 5) is 14.9. The molecule has 0 aliphatic rings. The number of nitrogens with one attached hydrogen (secondary N) is 1. The van der Waals surface area contributed by atoms with Crippen LogP contribution in [0.4, 0.5) is 5.69 Å². The van der Waals surface area contributed by atoms with E-state index in [0.717, 1.165) is 0 Å². The third-order valence-corrected chi connectivity index (χ3v) is 1.71. The van der Waals surface area contributed by atoms with Crippen LogP contribution in [0.15, 0.2) is 24.5 Å². The summed E-state index contributed by atoms with van der Waals surface area (Å²) in [6.45, 7) is 0. The van der Waals surface area contributed by atoms with E-state index in [1.807, 2.05) is 0 Å². The third-order valence-electron chi connectivity index (χ3n) is 1.20. The lowest BCUT2D eigenvalue weighted by atomic mass is 10.4. The Morgan fingerprint density at radius 1 is 1.31 bits per heavy atom. The largest absolute Gasteiger partial charge is 0.322 e. The molecule has 0 bridgehead atoms. The Balaban J connectivity index is 2.66. The van der Waals surface area contributed by atoms with Gasteiger partial charge in [-0.2, -0.15) is 0 Å². The number of aromatic nitrogens is 1. The number of anilines is 1. The van der Waals surface area contributed by atoms with Gasteiger partial charge in [0, 0.05) is 18.1 Å². The summed E-state index contributed by atoms with van der Waals surface area (Å²) in [5.74, 6) is -0.691. The number of nitrogens with zero attached hydrogens (tertiary/aromatic N) is 1. The highest BCUT2D eigenvalue weighted by Crippen LogP contribution is 2.27. The molecule has 1 amide bonds. The standard InChI is InChI=1S/C7H5Cl3N2O/c8-7(9,10)6(13)12-5-1-3-11-4-2-5/h1-4H,(H,11,12,13). The van der Waals surface area contributed by atoms with Gasteiger partial charge in [0.15, 0.2) is 0 Å². The van der Waals surface area contributed by atoms with Gasteiger partial charge < -0.3 is 5.32 Å². The molecule has 0 aliphatic carbocycles. The van der Waals surface area contributed by atoms with Crippen LogP contribution in [0.25, 0.3) is 0 Å². The number of amides is 1. The highest BCUT2D eigenvalue weighted by Gasteiger charge is 2.30. The Morgan fingerprint density at radius 3 is 2.31 bits per heavy atom. The summed E-state index contributed by atoms with van der Waals surface area (Å²) in [6.07, 6.45) is 3.04. The van der Waals surface area contributed by atoms with Crippen molar-refractivity contribution < 1.29 is 4.79 Å². The summed E-state index contributed by atoms with van der Waals surface area (Å²) in [7, 11) is 0. The fourth-order valence-corrected chi connectivity index (χ4v) is 0.779. The zero-order chi connectivity index (χ0) is 9.90. The van der Waals surface area contributed by atoms with Crippen molar-refractivity contribution in [3.8, 4) is 0 Å². The van der Waals surface area contributed by atoms with E-state index in [0.29, 0.717) is 5.69 Å². The van der Waals surface area contributed by atoms with Crippen molar-refractivity contribution in [3.63, 3.8) is 0 Å². The molecular weight excluding hydrogens is 234 g/mol. The van der Waals surface area contributed by atoms with Crippen LogP contribution >= 0.6 is 34.8 Å². The van der Waals surface area contributed by atoms with Gasteiger partial charge in [0.25, 0.3) is 9.70 Å². The van der Waals surface area contributed by atoms with Crippen LogP contribution in [-0.4, -0.2) is 14.7 Å². The van der Waals surface area contributed by atoms with Gasteiger partial charge in [-0.05, 0) is 12.1 Å². The molecule has 1 heterocycles. The van der Waals surface area contributed by atoms with Crippen molar-refractivity contribution in [2.24, 2.45) is 0 Å². The fraction of sp³-hybridized carbons (Fsp3) is 0.143. The van der Waals surface area contributed by atoms with Crippen molar-refractivity contribution in [3.05, 3.63) is 24.5 Å². The highest BCUT2D eigenvalue weighted by molar-refractivity contribution is 6.76. The Bertz CT molecular complexity index is 296. The molecule has 1 N–H and O–H groups in total. The molecule has 0 aromatic carbocycles. The second-order valence-electron chi connectivity index (χ2n) is 2.19. The molecule has 0 saturated heterocycles. The van der Waals surface area contributed by atoms with Crippen LogP contribution in [0.5, 0.6) is 0 Å². The van der Waals surface area contributed by atoms with E-state index in [1.165, 1.54) is 12.4 Å². The van der Waals surface area contributed by atoms with Gasteiger partial charge in [0.2, 0.25) is 0 Å². The predicted molar refractivity (Wildman–Crippen MR) is 53.2 cm³/mol. The molecule has 1 aromatic heterocycles. The van der Waals surface area contributed by atoms with Gasteiger partial charge in [0.05, 0.1) is 0 Å². The number of hydrogen-bond acceptors (Lipinski definition) is 2. The van der Waals surface area contributed by atoms with Crippen molar-refractivity contribution in [1.82, 2.24) is 4.98 Å². The molecule has 6 heteroatoms. The van der Waals surface area contributed by atoms with Crippen molar-refractivity contribution in [2.75, 3.05) is 5.32 Å². The normalized spacial score (nSPS) is 11.0. The molecule has 70 valence electrons. The predicted octanol–water partition coefficient (Wildman–Crippen LogP) is 2.39. The SMILES string of the molecule is O=C(Nc1ccncc1)C(Cl)(Cl)Cl. The van der Waals surface area contributed by atoms with Crippen LogP contribution in [0.3, 0.4) is 0 Å². The van der Waals surface area contributed by atoms with Crippen molar-refractivity contribution in [1.29, 1.82) is 0 Å². The second kappa shape index (κ2) is 4.13. The first kappa shape index (κ1) is 10.6. The van der Waals surface area contributed by atoms with Crippen LogP contribution in [0, 0.1) is 0 Å². The number of alkyl halides is 3. The summed E-state index contributed by atoms with van der Waals surface area (Å²) in [6, 6.07) is 3.18. The Hall–Kier alpha value is -0.510. The fourth-order valence-electron chi connectivity index (χ4n) is 0.637. The molecule has 3 nitrogen and oxygen atoms in total. The quantitative estimate of drug-likeness (QED) is 0.765. The lowest BCUT2D eigenvalue weighted by molar-refractivity contribution is -0.115. The maximum absolute atomic E-state index is 11.1. The lowest BCUT2D eigenvalue weighted by Gasteiger charge is -2.10. The molecule has 0 unspecified atom stereocenters. The number of pyridine rings is 1. The van der Waals surface area contributed by atoms with Gasteiger partial charge >= 0.3 is 0 Å². The zero-order valence-corrected chi connectivity index (χ0v) is 8.57. The third kappa shape index (κ3) is 3.38. The lowest BCUT2D eigenvalue weighted by Crippen LogP contribution is -2.26. The summed E-state index contributed by atoms with van der Waals surface area (Å²) >= 11 is 16.0. The van der Waals surface area contributed by atoms with E-state index in [-0.39, 0.29) is 0 Å². The molecule has 1 aromatic rings. The maximum Gasteiger partial charge on any atom is 0.276 e. The molecule has 0 spiro atoms. The molecule has 0 saturated carbocycles. The average Bonchev–Trinajstić information content (AvgIpc) is 2.04. The minimum Gasteiger partial charge on any atom is -0.322 e. The number of halogens is 3. The number of carbonyl (C=O) groups excluding carboxylic acids is 1. The number of carbonyl (C=O) groups is 1. The van der Waals surface area contributed by atoms with E-state index < -0.39 is 9.70 Å². The molecule has 0 radical (unpaired) electrons. The average molecular weight is 239 g/mol. The smallest absolute Gasteiger partial charge is 0.276 e. The summed E-state index contributed by atoms with van der Waals surface area (Å²) < 4.78 is -1.94. The van der Waals surface area contributed by atoms with Crippen LogP contribution in [0.1, 0.15) is 0 Å². The first-order chi connectivity index (χ1) is 6.00. The van der Waals surface area contributed by atoms with Crippen molar-refractivity contribution in [2.45, 2.75) is 3.79 Å². The van der Waals surface area contributed by atoms with Gasteiger partial charge in [-0.1, -0.05) is 34.8 Å².